The molecule has 0 radical (unpaired) electrons. The van der Waals surface area contributed by atoms with Crippen LogP contribution in [-0.2, 0) is 13.1 Å². The Balaban J connectivity index is 1.58. The molecule has 0 saturated carbocycles. The minimum atomic E-state index is -0.316. The second kappa shape index (κ2) is 8.69. The Morgan fingerprint density at radius 3 is 2.63 bits per heavy atom. The second-order valence-corrected chi connectivity index (χ2v) is 6.75. The molecule has 0 aliphatic carbocycles. The third-order valence-corrected chi connectivity index (χ3v) is 4.60. The van der Waals surface area contributed by atoms with E-state index >= 15 is 0 Å². The molecule has 4 rings (SSSR count). The van der Waals surface area contributed by atoms with Crippen LogP contribution >= 0.6 is 0 Å². The van der Waals surface area contributed by atoms with Gasteiger partial charge in [-0.05, 0) is 30.7 Å². The molecule has 2 heterocycles. The number of nitrogens with one attached hydrogen (secondary N) is 1. The summed E-state index contributed by atoms with van der Waals surface area (Å²) in [5.41, 5.74) is 1.62. The molecule has 30 heavy (non-hydrogen) atoms. The first kappa shape index (κ1) is 19.5. The molecule has 0 unspecified atom stereocenters. The predicted molar refractivity (Wildman–Crippen MR) is 107 cm³/mol. The van der Waals surface area contributed by atoms with Gasteiger partial charge in [0.1, 0.15) is 0 Å². The fourth-order valence-corrected chi connectivity index (χ4v) is 3.15. The summed E-state index contributed by atoms with van der Waals surface area (Å²) >= 11 is 0. The maximum atomic E-state index is 13.3. The van der Waals surface area contributed by atoms with Gasteiger partial charge in [0, 0.05) is 24.7 Å². The van der Waals surface area contributed by atoms with Crippen molar-refractivity contribution in [3.05, 3.63) is 77.2 Å². The van der Waals surface area contributed by atoms with Gasteiger partial charge in [-0.25, -0.2) is 0 Å². The Kier molecular flexibility index (Phi) is 5.65. The molecule has 154 valence electrons. The molecule has 8 nitrogen and oxygen atoms in total. The zero-order chi connectivity index (χ0) is 20.9. The number of aromatic nitrogens is 1. The van der Waals surface area contributed by atoms with Gasteiger partial charge in [0.15, 0.2) is 23.0 Å². The summed E-state index contributed by atoms with van der Waals surface area (Å²) in [6, 6.07) is 16.3. The van der Waals surface area contributed by atoms with Crippen molar-refractivity contribution in [2.24, 2.45) is 0 Å². The highest BCUT2D eigenvalue weighted by molar-refractivity contribution is 5.95. The highest BCUT2D eigenvalue weighted by Gasteiger charge is 2.23. The Morgan fingerprint density at radius 2 is 1.83 bits per heavy atom. The van der Waals surface area contributed by atoms with Gasteiger partial charge in [0.2, 0.25) is 6.79 Å². The van der Waals surface area contributed by atoms with E-state index in [0.29, 0.717) is 35.9 Å². The molecule has 1 aliphatic heterocycles. The number of carbonyl (C=O) groups is 2. The van der Waals surface area contributed by atoms with Crippen LogP contribution in [0.25, 0.3) is 0 Å². The zero-order valence-electron chi connectivity index (χ0n) is 16.5. The normalized spacial score (nSPS) is 11.9. The van der Waals surface area contributed by atoms with Crippen molar-refractivity contribution in [1.29, 1.82) is 0 Å². The van der Waals surface area contributed by atoms with Gasteiger partial charge in [-0.1, -0.05) is 35.5 Å². The topological polar surface area (TPSA) is 93.9 Å². The highest BCUT2D eigenvalue weighted by Crippen LogP contribution is 2.33. The maximum Gasteiger partial charge on any atom is 0.273 e. The Hall–Kier alpha value is -3.81. The minimum Gasteiger partial charge on any atom is -0.454 e. The number of ether oxygens (including phenoxy) is 2. The lowest BCUT2D eigenvalue weighted by atomic mass is 10.1. The van der Waals surface area contributed by atoms with Crippen molar-refractivity contribution in [1.82, 2.24) is 15.4 Å². The van der Waals surface area contributed by atoms with Crippen LogP contribution < -0.4 is 14.8 Å². The van der Waals surface area contributed by atoms with E-state index in [2.05, 4.69) is 10.5 Å². The van der Waals surface area contributed by atoms with Gasteiger partial charge >= 0.3 is 0 Å². The van der Waals surface area contributed by atoms with E-state index in [9.17, 15) is 9.59 Å². The zero-order valence-corrected chi connectivity index (χ0v) is 16.5. The quantitative estimate of drug-likeness (QED) is 0.647. The number of benzene rings is 2. The number of hydrogen-bond donors (Lipinski definition) is 1. The van der Waals surface area contributed by atoms with Crippen LogP contribution in [0.15, 0.2) is 59.1 Å². The SMILES string of the molecule is CCNC(=O)c1cc(CN(Cc2ccccc2)C(=O)c2ccc3c(c2)OCO3)on1. The van der Waals surface area contributed by atoms with Crippen LogP contribution in [0.3, 0.4) is 0 Å². The van der Waals surface area contributed by atoms with Crippen LogP contribution in [-0.4, -0.2) is 35.2 Å². The fourth-order valence-electron chi connectivity index (χ4n) is 3.15. The molecular weight excluding hydrogens is 386 g/mol. The number of carbonyl (C=O) groups excluding carboxylic acids is 2. The number of amides is 2. The van der Waals surface area contributed by atoms with E-state index in [1.54, 1.807) is 29.2 Å². The summed E-state index contributed by atoms with van der Waals surface area (Å²) in [5.74, 6) is 1.06. The predicted octanol–water partition coefficient (Wildman–Crippen LogP) is 3.00. The first-order valence-electron chi connectivity index (χ1n) is 9.60. The average Bonchev–Trinajstić information content (AvgIpc) is 3.42. The molecular formula is C22H21N3O5. The summed E-state index contributed by atoms with van der Waals surface area (Å²) in [6.45, 7) is 2.98. The van der Waals surface area contributed by atoms with Gasteiger partial charge in [-0.3, -0.25) is 9.59 Å². The molecule has 8 heteroatoms. The fraction of sp³-hybridized carbons (Fsp3) is 0.227. The summed E-state index contributed by atoms with van der Waals surface area (Å²) in [4.78, 5) is 26.9. The summed E-state index contributed by atoms with van der Waals surface area (Å²) in [7, 11) is 0. The van der Waals surface area contributed by atoms with Crippen LogP contribution in [0.4, 0.5) is 0 Å². The largest absolute Gasteiger partial charge is 0.454 e. The third-order valence-electron chi connectivity index (χ3n) is 4.60. The van der Waals surface area contributed by atoms with Crippen LogP contribution in [0.1, 0.15) is 39.1 Å². The molecule has 2 aromatic carbocycles. The minimum absolute atomic E-state index is 0.140. The Bertz CT molecular complexity index is 1050. The molecule has 0 spiro atoms. The molecule has 3 aromatic rings. The Morgan fingerprint density at radius 1 is 1.03 bits per heavy atom. The van der Waals surface area contributed by atoms with Gasteiger partial charge in [0.25, 0.3) is 11.8 Å². The summed E-state index contributed by atoms with van der Waals surface area (Å²) in [6.07, 6.45) is 0. The number of nitrogens with zero attached hydrogens (tertiary/aromatic N) is 2. The van der Waals surface area contributed by atoms with E-state index in [1.165, 1.54) is 0 Å². The standard InChI is InChI=1S/C22H21N3O5/c1-2-23-21(26)18-11-17(30-24-18)13-25(12-15-6-4-3-5-7-15)22(27)16-8-9-19-20(10-16)29-14-28-19/h3-11H,2,12-14H2,1H3,(H,23,26). The maximum absolute atomic E-state index is 13.3. The number of rotatable bonds is 7. The first-order valence-corrected chi connectivity index (χ1v) is 9.60. The van der Waals surface area contributed by atoms with E-state index in [4.69, 9.17) is 14.0 Å². The van der Waals surface area contributed by atoms with Crippen molar-refractivity contribution in [2.45, 2.75) is 20.0 Å². The van der Waals surface area contributed by atoms with Crippen molar-refractivity contribution in [3.8, 4) is 11.5 Å². The Labute approximate surface area is 173 Å². The lowest BCUT2D eigenvalue weighted by molar-refractivity contribution is 0.0712. The van der Waals surface area contributed by atoms with E-state index in [1.807, 2.05) is 37.3 Å². The molecule has 1 aliphatic rings. The van der Waals surface area contributed by atoms with E-state index < -0.39 is 0 Å². The summed E-state index contributed by atoms with van der Waals surface area (Å²) in [5, 5.41) is 6.49. The average molecular weight is 407 g/mol. The van der Waals surface area contributed by atoms with Gasteiger partial charge in [-0.15, -0.1) is 0 Å². The second-order valence-electron chi connectivity index (χ2n) is 6.75. The molecule has 0 atom stereocenters. The van der Waals surface area contributed by atoms with Crippen LogP contribution in [0.5, 0.6) is 11.5 Å². The van der Waals surface area contributed by atoms with E-state index in [-0.39, 0.29) is 30.8 Å². The van der Waals surface area contributed by atoms with Gasteiger partial charge in [-0.2, -0.15) is 0 Å². The number of fused-ring (bicyclic) bond motifs is 1. The smallest absolute Gasteiger partial charge is 0.273 e. The lowest BCUT2D eigenvalue weighted by Crippen LogP contribution is -2.30. The van der Waals surface area contributed by atoms with Gasteiger partial charge in [0.05, 0.1) is 6.54 Å². The van der Waals surface area contributed by atoms with Crippen LogP contribution in [0.2, 0.25) is 0 Å². The van der Waals surface area contributed by atoms with Crippen molar-refractivity contribution in [3.63, 3.8) is 0 Å². The van der Waals surface area contributed by atoms with Crippen molar-refractivity contribution in [2.75, 3.05) is 13.3 Å². The number of hydrogen-bond acceptors (Lipinski definition) is 6. The molecule has 0 saturated heterocycles. The third kappa shape index (κ3) is 4.27. The molecule has 2 amide bonds. The molecule has 0 bridgehead atoms. The monoisotopic (exact) mass is 407 g/mol. The van der Waals surface area contributed by atoms with Gasteiger partial charge < -0.3 is 24.2 Å². The molecule has 1 aromatic heterocycles. The first-order chi connectivity index (χ1) is 14.6. The van der Waals surface area contributed by atoms with E-state index in [0.717, 1.165) is 5.56 Å². The van der Waals surface area contributed by atoms with Crippen molar-refractivity contribution >= 4 is 11.8 Å². The molecule has 1 N–H and O–H groups in total. The molecule has 0 fully saturated rings. The summed E-state index contributed by atoms with van der Waals surface area (Å²) < 4.78 is 16.0. The van der Waals surface area contributed by atoms with Crippen molar-refractivity contribution < 1.29 is 23.6 Å². The van der Waals surface area contributed by atoms with Crippen LogP contribution in [0, 0.1) is 0 Å². The highest BCUT2D eigenvalue weighted by atomic mass is 16.7. The lowest BCUT2D eigenvalue weighted by Gasteiger charge is -2.22.